The van der Waals surface area contributed by atoms with Gasteiger partial charge in [-0.15, -0.1) is 20.4 Å². The lowest BCUT2D eigenvalue weighted by Gasteiger charge is -2.11. The Kier molecular flexibility index (Phi) is 8.91. The zero-order valence-corrected chi connectivity index (χ0v) is 28.1. The summed E-state index contributed by atoms with van der Waals surface area (Å²) >= 11 is 25.2. The topological polar surface area (TPSA) is 123 Å². The molecule has 0 radical (unpaired) electrons. The van der Waals surface area contributed by atoms with Crippen molar-refractivity contribution in [2.75, 3.05) is 0 Å². The van der Waals surface area contributed by atoms with Gasteiger partial charge in [-0.1, -0.05) is 46.4 Å². The Balaban J connectivity index is 1.46. The molecule has 0 aliphatic carbocycles. The minimum absolute atomic E-state index is 0.0294. The minimum atomic E-state index is 0.0294. The van der Waals surface area contributed by atoms with Gasteiger partial charge in [0.25, 0.3) is 0 Å². The molecule has 0 bridgehead atoms. The number of tetrazole rings is 2. The lowest BCUT2D eigenvalue weighted by atomic mass is 10.3. The van der Waals surface area contributed by atoms with Crippen LogP contribution in [0.5, 0.6) is 0 Å². The van der Waals surface area contributed by atoms with E-state index >= 15 is 0 Å². The molecular weight excluding hydrogens is 686 g/mol. The molecule has 0 saturated heterocycles. The van der Waals surface area contributed by atoms with E-state index in [9.17, 15) is 0 Å². The molecule has 0 fully saturated rings. The first-order valence-corrected chi connectivity index (χ1v) is 16.8. The molecule has 0 amide bonds. The minimum Gasteiger partial charge on any atom is -0.226 e. The first kappa shape index (κ1) is 30.9. The summed E-state index contributed by atoms with van der Waals surface area (Å²) in [5.41, 5.74) is 2.74. The first-order chi connectivity index (χ1) is 21.1. The fraction of sp³-hybridized carbons (Fsp3) is 0.231. The molecule has 0 spiro atoms. The van der Waals surface area contributed by atoms with E-state index in [-0.39, 0.29) is 12.1 Å². The Bertz CT molecular complexity index is 1820. The molecule has 0 aliphatic heterocycles. The average Bonchev–Trinajstić information content (AvgIpc) is 3.80. The number of aromatic nitrogens is 12. The molecule has 226 valence electrons. The highest BCUT2D eigenvalue weighted by Crippen LogP contribution is 2.46. The van der Waals surface area contributed by atoms with Crippen molar-refractivity contribution in [1.82, 2.24) is 60.0 Å². The lowest BCUT2D eigenvalue weighted by Crippen LogP contribution is -2.04. The summed E-state index contributed by atoms with van der Waals surface area (Å²) in [5.74, 6) is 0.848. The van der Waals surface area contributed by atoms with Crippen molar-refractivity contribution in [2.24, 2.45) is 0 Å². The van der Waals surface area contributed by atoms with Crippen molar-refractivity contribution in [1.29, 1.82) is 0 Å². The van der Waals surface area contributed by atoms with Crippen molar-refractivity contribution in [3.05, 3.63) is 68.9 Å². The molecule has 4 heterocycles. The van der Waals surface area contributed by atoms with E-state index in [1.165, 1.54) is 21.6 Å². The van der Waals surface area contributed by atoms with E-state index in [2.05, 4.69) is 41.0 Å². The molecule has 4 aromatic heterocycles. The van der Waals surface area contributed by atoms with Crippen molar-refractivity contribution in [3.8, 4) is 34.2 Å². The Labute approximate surface area is 279 Å². The second-order valence-electron chi connectivity index (χ2n) is 9.97. The van der Waals surface area contributed by atoms with Gasteiger partial charge in [-0.3, -0.25) is 0 Å². The Morgan fingerprint density at radius 2 is 1.00 bits per heavy atom. The van der Waals surface area contributed by atoms with Gasteiger partial charge >= 0.3 is 0 Å². The predicted octanol–water partition coefficient (Wildman–Crippen LogP) is 7.94. The molecule has 12 nitrogen and oxygen atoms in total. The van der Waals surface area contributed by atoms with Crippen molar-refractivity contribution in [2.45, 2.75) is 49.8 Å². The van der Waals surface area contributed by atoms with E-state index in [0.717, 1.165) is 0 Å². The molecule has 6 aromatic rings. The van der Waals surface area contributed by atoms with Gasteiger partial charge in [0.1, 0.15) is 10.1 Å². The van der Waals surface area contributed by atoms with Gasteiger partial charge in [-0.25, -0.2) is 9.36 Å². The summed E-state index contributed by atoms with van der Waals surface area (Å²) in [4.78, 5) is 3.10. The van der Waals surface area contributed by atoms with Crippen LogP contribution in [0, 0.1) is 0 Å². The maximum Gasteiger partial charge on any atom is 0.209 e. The normalized spacial score (nSPS) is 11.8. The third kappa shape index (κ3) is 6.06. The Morgan fingerprint density at radius 1 is 0.591 bits per heavy atom. The predicted molar refractivity (Wildman–Crippen MR) is 173 cm³/mol. The van der Waals surface area contributed by atoms with E-state index in [1.807, 2.05) is 39.8 Å². The van der Waals surface area contributed by atoms with E-state index < -0.39 is 0 Å². The molecule has 44 heavy (non-hydrogen) atoms. The highest BCUT2D eigenvalue weighted by Gasteiger charge is 2.25. The van der Waals surface area contributed by atoms with Gasteiger partial charge in [0.05, 0.1) is 67.1 Å². The van der Waals surface area contributed by atoms with Crippen molar-refractivity contribution in [3.63, 3.8) is 0 Å². The lowest BCUT2D eigenvalue weighted by molar-refractivity contribution is 0.455. The van der Waals surface area contributed by atoms with Gasteiger partial charge in [0.2, 0.25) is 11.6 Å². The molecule has 0 atom stereocenters. The van der Waals surface area contributed by atoms with Gasteiger partial charge in [-0.05, 0) is 96.1 Å². The van der Waals surface area contributed by atoms with Crippen LogP contribution in [0.15, 0.2) is 58.8 Å². The van der Waals surface area contributed by atoms with Crippen LogP contribution in [-0.4, -0.2) is 60.0 Å². The molecule has 2 aromatic carbocycles. The van der Waals surface area contributed by atoms with Crippen LogP contribution in [0.3, 0.4) is 0 Å². The van der Waals surface area contributed by atoms with Crippen LogP contribution in [0.4, 0.5) is 0 Å². The van der Waals surface area contributed by atoms with Crippen LogP contribution in [0.1, 0.15) is 39.8 Å². The van der Waals surface area contributed by atoms with E-state index in [4.69, 9.17) is 46.4 Å². The standard InChI is InChI=1S/C26H22Cl4N12S2/c1-13(2)41-35-23(33-37-41)17-11-31-39(15-5-7-19(27)21(29)9-15)25(17)43-44-26-18(24-34-38-42(36-24)14(3)4)12-32-40(26)16-6-8-20(28)22(30)10-16/h5-14H,1-4H3. The fourth-order valence-electron chi connectivity index (χ4n) is 3.93. The summed E-state index contributed by atoms with van der Waals surface area (Å²) in [6, 6.07) is 10.6. The highest BCUT2D eigenvalue weighted by molar-refractivity contribution is 8.76. The Morgan fingerprint density at radius 3 is 1.34 bits per heavy atom. The van der Waals surface area contributed by atoms with Crippen molar-refractivity contribution >= 4 is 68.0 Å². The van der Waals surface area contributed by atoms with Gasteiger partial charge in [-0.2, -0.15) is 19.8 Å². The van der Waals surface area contributed by atoms with Gasteiger partial charge in [0.15, 0.2) is 0 Å². The molecule has 0 unspecified atom stereocenters. The largest absolute Gasteiger partial charge is 0.226 e. The summed E-state index contributed by atoms with van der Waals surface area (Å²) in [6.07, 6.45) is 3.39. The molecular formula is C26H22Cl4N12S2. The SMILES string of the molecule is CC(C)n1nnc(-c2cnn(-c3ccc(Cl)c(Cl)c3)c2SSc2c(-c3nnn(C(C)C)n3)cnn2-c2ccc(Cl)c(Cl)c2)n1. The smallest absolute Gasteiger partial charge is 0.209 e. The highest BCUT2D eigenvalue weighted by atomic mass is 35.5. The number of hydrogen-bond donors (Lipinski definition) is 0. The first-order valence-electron chi connectivity index (χ1n) is 13.1. The molecule has 0 N–H and O–H groups in total. The van der Waals surface area contributed by atoms with Crippen LogP contribution < -0.4 is 0 Å². The number of benzene rings is 2. The number of rotatable bonds is 9. The monoisotopic (exact) mass is 706 g/mol. The zero-order chi connectivity index (χ0) is 31.1. The fourth-order valence-corrected chi connectivity index (χ4v) is 7.02. The van der Waals surface area contributed by atoms with Crippen LogP contribution in [-0.2, 0) is 0 Å². The number of nitrogens with zero attached hydrogens (tertiary/aromatic N) is 12. The van der Waals surface area contributed by atoms with Crippen LogP contribution in [0.25, 0.3) is 34.2 Å². The summed E-state index contributed by atoms with van der Waals surface area (Å²) in [6.45, 7) is 7.91. The van der Waals surface area contributed by atoms with E-state index in [1.54, 1.807) is 55.6 Å². The third-order valence-corrected chi connectivity index (χ3v) is 10.1. The van der Waals surface area contributed by atoms with Crippen molar-refractivity contribution < 1.29 is 0 Å². The third-order valence-electron chi connectivity index (χ3n) is 6.21. The molecule has 0 aliphatic rings. The van der Waals surface area contributed by atoms with Gasteiger partial charge in [0, 0.05) is 0 Å². The molecule has 6 rings (SSSR count). The van der Waals surface area contributed by atoms with Gasteiger partial charge < -0.3 is 0 Å². The second kappa shape index (κ2) is 12.7. The quantitative estimate of drug-likeness (QED) is 0.137. The zero-order valence-electron chi connectivity index (χ0n) is 23.5. The summed E-state index contributed by atoms with van der Waals surface area (Å²) in [5, 5.41) is 38.6. The second-order valence-corrected chi connectivity index (χ2v) is 13.7. The average molecular weight is 708 g/mol. The summed E-state index contributed by atoms with van der Waals surface area (Å²) < 4.78 is 3.50. The van der Waals surface area contributed by atoms with Crippen LogP contribution in [0.2, 0.25) is 20.1 Å². The van der Waals surface area contributed by atoms with E-state index in [0.29, 0.717) is 64.3 Å². The number of hydrogen-bond acceptors (Lipinski definition) is 10. The molecule has 0 saturated carbocycles. The Hall–Kier alpha value is -3.14. The maximum atomic E-state index is 6.38. The number of halogens is 4. The molecule has 18 heteroatoms. The summed E-state index contributed by atoms with van der Waals surface area (Å²) in [7, 11) is 2.83. The van der Waals surface area contributed by atoms with Crippen LogP contribution >= 0.6 is 68.0 Å². The maximum absolute atomic E-state index is 6.38.